The number of nitrogens with zero attached hydrogens (tertiary/aromatic N) is 2. The van der Waals surface area contributed by atoms with Crippen LogP contribution >= 0.6 is 0 Å². The third-order valence-corrected chi connectivity index (χ3v) is 2.61. The van der Waals surface area contributed by atoms with Crippen LogP contribution in [0.5, 0.6) is 5.75 Å². The Balaban J connectivity index is 1.96. The van der Waals surface area contributed by atoms with Crippen LogP contribution < -0.4 is 4.74 Å². The fourth-order valence-corrected chi connectivity index (χ4v) is 1.72. The summed E-state index contributed by atoms with van der Waals surface area (Å²) in [6.45, 7) is 4.69. The summed E-state index contributed by atoms with van der Waals surface area (Å²) in [6, 6.07) is 7.28. The summed E-state index contributed by atoms with van der Waals surface area (Å²) in [4.78, 5) is 11.4. The maximum atomic E-state index is 11.4. The molecule has 1 heterocycles. The lowest BCUT2D eigenvalue weighted by Crippen LogP contribution is -2.10. The first-order valence-corrected chi connectivity index (χ1v) is 5.88. The van der Waals surface area contributed by atoms with Crippen molar-refractivity contribution < 1.29 is 9.53 Å². The predicted molar refractivity (Wildman–Crippen MR) is 68.9 cm³/mol. The highest BCUT2D eigenvalue weighted by molar-refractivity contribution is 5.96. The van der Waals surface area contributed by atoms with Gasteiger partial charge in [-0.3, -0.25) is 9.48 Å². The van der Waals surface area contributed by atoms with E-state index in [9.17, 15) is 4.79 Å². The number of benzene rings is 1. The zero-order valence-corrected chi connectivity index (χ0v) is 10.6. The van der Waals surface area contributed by atoms with Gasteiger partial charge in [-0.1, -0.05) is 12.1 Å². The van der Waals surface area contributed by atoms with E-state index in [1.165, 1.54) is 0 Å². The van der Waals surface area contributed by atoms with Crippen molar-refractivity contribution in [3.8, 4) is 5.75 Å². The van der Waals surface area contributed by atoms with E-state index in [1.807, 2.05) is 42.2 Å². The monoisotopic (exact) mass is 244 g/mol. The number of rotatable bonds is 5. The normalized spacial score (nSPS) is 10.3. The molecule has 0 atom stereocenters. The average Bonchev–Trinajstić information content (AvgIpc) is 2.75. The van der Waals surface area contributed by atoms with Crippen LogP contribution in [-0.2, 0) is 6.54 Å². The summed E-state index contributed by atoms with van der Waals surface area (Å²) in [7, 11) is 0. The molecule has 0 spiro atoms. The molecule has 0 amide bonds. The molecule has 1 aromatic heterocycles. The van der Waals surface area contributed by atoms with Gasteiger partial charge in [-0.25, -0.2) is 0 Å². The number of Topliss-reactive ketones (excluding diaryl/α,β-unsaturated/α-hetero) is 1. The van der Waals surface area contributed by atoms with E-state index in [0.29, 0.717) is 24.5 Å². The Labute approximate surface area is 106 Å². The van der Waals surface area contributed by atoms with Gasteiger partial charge in [0, 0.05) is 6.20 Å². The van der Waals surface area contributed by atoms with E-state index >= 15 is 0 Å². The van der Waals surface area contributed by atoms with E-state index in [2.05, 4.69) is 5.10 Å². The lowest BCUT2D eigenvalue weighted by molar-refractivity contribution is 0.101. The number of ketones is 1. The minimum Gasteiger partial charge on any atom is -0.491 e. The van der Waals surface area contributed by atoms with Crippen LogP contribution in [0, 0.1) is 6.92 Å². The third kappa shape index (κ3) is 2.97. The zero-order valence-electron chi connectivity index (χ0n) is 10.6. The number of carbonyl (C=O) groups is 1. The van der Waals surface area contributed by atoms with E-state index in [0.717, 1.165) is 5.56 Å². The highest BCUT2D eigenvalue weighted by Crippen LogP contribution is 2.18. The molecule has 2 aromatic rings. The number of para-hydroxylation sites is 1. The molecular weight excluding hydrogens is 228 g/mol. The Hall–Kier alpha value is -2.10. The highest BCUT2D eigenvalue weighted by Gasteiger charge is 2.06. The first-order valence-electron chi connectivity index (χ1n) is 5.88. The molecule has 94 valence electrons. The van der Waals surface area contributed by atoms with Crippen molar-refractivity contribution in [3.63, 3.8) is 0 Å². The summed E-state index contributed by atoms with van der Waals surface area (Å²) in [5.41, 5.74) is 1.74. The number of aromatic nitrogens is 2. The number of hydrogen-bond acceptors (Lipinski definition) is 3. The molecule has 0 N–H and O–H groups in total. The summed E-state index contributed by atoms with van der Waals surface area (Å²) >= 11 is 0. The van der Waals surface area contributed by atoms with Gasteiger partial charge in [0.15, 0.2) is 5.78 Å². The van der Waals surface area contributed by atoms with Crippen molar-refractivity contribution in [1.82, 2.24) is 9.78 Å². The molecule has 0 aliphatic heterocycles. The molecule has 0 radical (unpaired) electrons. The van der Waals surface area contributed by atoms with Gasteiger partial charge >= 0.3 is 0 Å². The molecule has 0 saturated carbocycles. The fourth-order valence-electron chi connectivity index (χ4n) is 1.72. The Kier molecular flexibility index (Phi) is 3.77. The topological polar surface area (TPSA) is 44.1 Å². The highest BCUT2D eigenvalue weighted by atomic mass is 16.5. The molecule has 0 aliphatic carbocycles. The van der Waals surface area contributed by atoms with Crippen molar-refractivity contribution in [2.75, 3.05) is 6.61 Å². The van der Waals surface area contributed by atoms with Crippen molar-refractivity contribution in [1.29, 1.82) is 0 Å². The summed E-state index contributed by atoms with van der Waals surface area (Å²) in [5.74, 6) is 0.648. The second-order valence-corrected chi connectivity index (χ2v) is 4.18. The average molecular weight is 244 g/mol. The van der Waals surface area contributed by atoms with Crippen LogP contribution in [0.1, 0.15) is 22.8 Å². The first-order chi connectivity index (χ1) is 8.66. The number of carbonyl (C=O) groups excluding carboxylic acids is 1. The van der Waals surface area contributed by atoms with Gasteiger partial charge in [0.05, 0.1) is 18.3 Å². The van der Waals surface area contributed by atoms with Gasteiger partial charge in [-0.15, -0.1) is 0 Å². The minimum absolute atomic E-state index is 0.0144. The van der Waals surface area contributed by atoms with Crippen LogP contribution in [0.15, 0.2) is 36.7 Å². The molecular formula is C14H16N2O2. The molecule has 0 saturated heterocycles. The third-order valence-electron chi connectivity index (χ3n) is 2.61. The molecule has 1 aromatic carbocycles. The van der Waals surface area contributed by atoms with Crippen LogP contribution in [0.3, 0.4) is 0 Å². The molecule has 4 heteroatoms. The maximum Gasteiger partial charge on any atom is 0.163 e. The van der Waals surface area contributed by atoms with Gasteiger partial charge < -0.3 is 4.74 Å². The predicted octanol–water partition coefficient (Wildman–Crippen LogP) is 2.47. The van der Waals surface area contributed by atoms with Gasteiger partial charge in [0.1, 0.15) is 12.4 Å². The van der Waals surface area contributed by atoms with Crippen LogP contribution in [0.25, 0.3) is 0 Å². The molecule has 0 fully saturated rings. The standard InChI is InChI=1S/C14H16N2O2/c1-11-9-15-16(10-11)7-8-18-14-6-4-3-5-13(14)12(2)17/h3-6,9-10H,7-8H2,1-2H3. The first kappa shape index (κ1) is 12.4. The lowest BCUT2D eigenvalue weighted by atomic mass is 10.1. The lowest BCUT2D eigenvalue weighted by Gasteiger charge is -2.09. The number of hydrogen-bond donors (Lipinski definition) is 0. The van der Waals surface area contributed by atoms with E-state index in [-0.39, 0.29) is 5.78 Å². The van der Waals surface area contributed by atoms with Gasteiger partial charge in [-0.05, 0) is 31.5 Å². The molecule has 2 rings (SSSR count). The fraction of sp³-hybridized carbons (Fsp3) is 0.286. The molecule has 4 nitrogen and oxygen atoms in total. The second-order valence-electron chi connectivity index (χ2n) is 4.18. The Morgan fingerprint density at radius 2 is 2.17 bits per heavy atom. The van der Waals surface area contributed by atoms with E-state index in [4.69, 9.17) is 4.74 Å². The molecule has 18 heavy (non-hydrogen) atoms. The van der Waals surface area contributed by atoms with Crippen LogP contribution in [0.2, 0.25) is 0 Å². The summed E-state index contributed by atoms with van der Waals surface area (Å²) in [6.07, 6.45) is 3.77. The quantitative estimate of drug-likeness (QED) is 0.759. The Bertz CT molecular complexity index is 546. The van der Waals surface area contributed by atoms with Crippen LogP contribution in [-0.4, -0.2) is 22.2 Å². The maximum absolute atomic E-state index is 11.4. The number of ether oxygens (including phenoxy) is 1. The van der Waals surface area contributed by atoms with Crippen molar-refractivity contribution in [3.05, 3.63) is 47.8 Å². The van der Waals surface area contributed by atoms with Gasteiger partial charge in [0.25, 0.3) is 0 Å². The van der Waals surface area contributed by atoms with Gasteiger partial charge in [0.2, 0.25) is 0 Å². The largest absolute Gasteiger partial charge is 0.491 e. The molecule has 0 bridgehead atoms. The Morgan fingerprint density at radius 1 is 1.39 bits per heavy atom. The molecule has 0 unspecified atom stereocenters. The van der Waals surface area contributed by atoms with E-state index in [1.54, 1.807) is 13.0 Å². The SMILES string of the molecule is CC(=O)c1ccccc1OCCn1cc(C)cn1. The minimum atomic E-state index is 0.0144. The van der Waals surface area contributed by atoms with Crippen molar-refractivity contribution in [2.45, 2.75) is 20.4 Å². The number of aryl methyl sites for hydroxylation is 1. The zero-order chi connectivity index (χ0) is 13.0. The summed E-state index contributed by atoms with van der Waals surface area (Å²) < 4.78 is 7.46. The van der Waals surface area contributed by atoms with Crippen molar-refractivity contribution in [2.24, 2.45) is 0 Å². The molecule has 0 aliphatic rings. The second kappa shape index (κ2) is 5.49. The van der Waals surface area contributed by atoms with Crippen molar-refractivity contribution >= 4 is 5.78 Å². The summed E-state index contributed by atoms with van der Waals surface area (Å²) in [5, 5.41) is 4.17. The van der Waals surface area contributed by atoms with Gasteiger partial charge in [-0.2, -0.15) is 5.10 Å². The van der Waals surface area contributed by atoms with E-state index < -0.39 is 0 Å². The van der Waals surface area contributed by atoms with Crippen LogP contribution in [0.4, 0.5) is 0 Å². The Morgan fingerprint density at radius 3 is 2.83 bits per heavy atom. The smallest absolute Gasteiger partial charge is 0.163 e.